The third kappa shape index (κ3) is 3.64. The molecule has 1 aliphatic heterocycles. The van der Waals surface area contributed by atoms with Crippen LogP contribution in [0.3, 0.4) is 0 Å². The molecule has 1 aromatic rings. The highest BCUT2D eigenvalue weighted by molar-refractivity contribution is 6.30. The van der Waals surface area contributed by atoms with Gasteiger partial charge in [0.25, 0.3) is 0 Å². The lowest BCUT2D eigenvalue weighted by Gasteiger charge is -2.41. The van der Waals surface area contributed by atoms with Gasteiger partial charge in [-0.1, -0.05) is 25.4 Å². The number of halogens is 1. The van der Waals surface area contributed by atoms with E-state index in [4.69, 9.17) is 11.6 Å². The Morgan fingerprint density at radius 3 is 2.65 bits per heavy atom. The fourth-order valence-electron chi connectivity index (χ4n) is 2.48. The van der Waals surface area contributed by atoms with Crippen LogP contribution in [0.1, 0.15) is 20.8 Å². The Labute approximate surface area is 125 Å². The highest BCUT2D eigenvalue weighted by Gasteiger charge is 2.31. The van der Waals surface area contributed by atoms with E-state index < -0.39 is 0 Å². The molecule has 2 amide bonds. The zero-order valence-corrected chi connectivity index (χ0v) is 12.9. The minimum atomic E-state index is -0.0422. The molecule has 2 atom stereocenters. The molecule has 110 valence electrons. The highest BCUT2D eigenvalue weighted by Crippen LogP contribution is 2.18. The zero-order chi connectivity index (χ0) is 14.7. The summed E-state index contributed by atoms with van der Waals surface area (Å²) in [7, 11) is 0. The van der Waals surface area contributed by atoms with Gasteiger partial charge in [0.05, 0.1) is 0 Å². The Bertz CT molecular complexity index is 461. The lowest BCUT2D eigenvalue weighted by Crippen LogP contribution is -2.60. The van der Waals surface area contributed by atoms with Gasteiger partial charge in [-0.2, -0.15) is 0 Å². The van der Waals surface area contributed by atoms with Gasteiger partial charge in [-0.3, -0.25) is 0 Å². The predicted octanol–water partition coefficient (Wildman–Crippen LogP) is 3.19. The van der Waals surface area contributed by atoms with E-state index in [0.29, 0.717) is 17.0 Å². The predicted molar refractivity (Wildman–Crippen MR) is 83.3 cm³/mol. The third-order valence-electron chi connectivity index (χ3n) is 3.67. The van der Waals surface area contributed by atoms with Crippen molar-refractivity contribution in [2.45, 2.75) is 32.9 Å². The van der Waals surface area contributed by atoms with E-state index in [1.54, 1.807) is 12.1 Å². The third-order valence-corrected chi connectivity index (χ3v) is 3.92. The molecule has 1 saturated heterocycles. The van der Waals surface area contributed by atoms with Gasteiger partial charge in [0.1, 0.15) is 0 Å². The Balaban J connectivity index is 2.07. The van der Waals surface area contributed by atoms with Crippen molar-refractivity contribution in [3.8, 4) is 0 Å². The first-order valence-corrected chi connectivity index (χ1v) is 7.41. The lowest BCUT2D eigenvalue weighted by molar-refractivity contribution is 0.130. The summed E-state index contributed by atoms with van der Waals surface area (Å²) in [4.78, 5) is 14.4. The first kappa shape index (κ1) is 15.1. The van der Waals surface area contributed by atoms with E-state index in [0.717, 1.165) is 18.8 Å². The number of rotatable bonds is 2. The summed E-state index contributed by atoms with van der Waals surface area (Å²) in [5, 5.41) is 7.04. The van der Waals surface area contributed by atoms with Gasteiger partial charge in [-0.15, -0.1) is 0 Å². The molecule has 0 spiro atoms. The minimum absolute atomic E-state index is 0.0422. The molecule has 0 aromatic heterocycles. The quantitative estimate of drug-likeness (QED) is 0.880. The van der Waals surface area contributed by atoms with Crippen molar-refractivity contribution in [1.82, 2.24) is 10.2 Å². The second-order valence-electron chi connectivity index (χ2n) is 5.71. The van der Waals surface area contributed by atoms with Crippen molar-refractivity contribution in [1.29, 1.82) is 0 Å². The molecule has 20 heavy (non-hydrogen) atoms. The number of hydrogen-bond donors (Lipinski definition) is 2. The maximum atomic E-state index is 12.5. The molecule has 1 heterocycles. The van der Waals surface area contributed by atoms with Crippen molar-refractivity contribution in [3.05, 3.63) is 29.3 Å². The maximum Gasteiger partial charge on any atom is 0.322 e. The number of urea groups is 1. The molecule has 1 aliphatic rings. The van der Waals surface area contributed by atoms with Crippen LogP contribution in [-0.4, -0.2) is 36.1 Å². The molecule has 0 bridgehead atoms. The van der Waals surface area contributed by atoms with Crippen molar-refractivity contribution >= 4 is 23.3 Å². The largest absolute Gasteiger partial charge is 0.322 e. The van der Waals surface area contributed by atoms with E-state index in [2.05, 4.69) is 31.4 Å². The minimum Gasteiger partial charge on any atom is -0.318 e. The standard InChI is InChI=1S/C15H22ClN3O/c1-10(2)14-8-17-11(3)9-19(14)15(20)18-13-6-4-12(16)5-7-13/h4-7,10-11,14,17H,8-9H2,1-3H3,(H,18,20). The molecule has 2 N–H and O–H groups in total. The summed E-state index contributed by atoms with van der Waals surface area (Å²) in [6.07, 6.45) is 0. The molecule has 4 nitrogen and oxygen atoms in total. The second-order valence-corrected chi connectivity index (χ2v) is 6.15. The van der Waals surface area contributed by atoms with Crippen LogP contribution in [0, 0.1) is 5.92 Å². The van der Waals surface area contributed by atoms with E-state index >= 15 is 0 Å². The number of hydrogen-bond acceptors (Lipinski definition) is 2. The number of amides is 2. The fourth-order valence-corrected chi connectivity index (χ4v) is 2.61. The van der Waals surface area contributed by atoms with Crippen LogP contribution < -0.4 is 10.6 Å². The Morgan fingerprint density at radius 1 is 1.40 bits per heavy atom. The maximum absolute atomic E-state index is 12.5. The molecule has 0 radical (unpaired) electrons. The fraction of sp³-hybridized carbons (Fsp3) is 0.533. The van der Waals surface area contributed by atoms with E-state index in [1.165, 1.54) is 0 Å². The summed E-state index contributed by atoms with van der Waals surface area (Å²) in [5.74, 6) is 0.422. The summed E-state index contributed by atoms with van der Waals surface area (Å²) >= 11 is 5.85. The van der Waals surface area contributed by atoms with Crippen molar-refractivity contribution in [2.24, 2.45) is 5.92 Å². The molecule has 1 aromatic carbocycles. The summed E-state index contributed by atoms with van der Waals surface area (Å²) in [6.45, 7) is 7.95. The smallest absolute Gasteiger partial charge is 0.318 e. The molecular weight excluding hydrogens is 274 g/mol. The number of nitrogens with one attached hydrogen (secondary N) is 2. The summed E-state index contributed by atoms with van der Waals surface area (Å²) < 4.78 is 0. The number of anilines is 1. The van der Waals surface area contributed by atoms with Crippen LogP contribution in [0.5, 0.6) is 0 Å². The van der Waals surface area contributed by atoms with Crippen LogP contribution in [0.15, 0.2) is 24.3 Å². The van der Waals surface area contributed by atoms with Gasteiger partial charge in [0.2, 0.25) is 0 Å². The van der Waals surface area contributed by atoms with Gasteiger partial charge in [-0.05, 0) is 37.1 Å². The van der Waals surface area contributed by atoms with Crippen LogP contribution in [0.25, 0.3) is 0 Å². The molecule has 5 heteroatoms. The average Bonchev–Trinajstić information content (AvgIpc) is 2.41. The van der Waals surface area contributed by atoms with Gasteiger partial charge in [0, 0.05) is 35.9 Å². The first-order valence-electron chi connectivity index (χ1n) is 7.04. The number of carbonyl (C=O) groups is 1. The van der Waals surface area contributed by atoms with Crippen molar-refractivity contribution in [3.63, 3.8) is 0 Å². The monoisotopic (exact) mass is 295 g/mol. The molecule has 0 saturated carbocycles. The van der Waals surface area contributed by atoms with Gasteiger partial charge >= 0.3 is 6.03 Å². The Morgan fingerprint density at radius 2 is 2.05 bits per heavy atom. The first-order chi connectivity index (χ1) is 9.47. The summed E-state index contributed by atoms with van der Waals surface area (Å²) in [6, 6.07) is 7.68. The van der Waals surface area contributed by atoms with Crippen LogP contribution >= 0.6 is 11.6 Å². The van der Waals surface area contributed by atoms with Gasteiger partial charge < -0.3 is 15.5 Å². The van der Waals surface area contributed by atoms with Crippen LogP contribution in [-0.2, 0) is 0 Å². The zero-order valence-electron chi connectivity index (χ0n) is 12.2. The normalized spacial score (nSPS) is 22.9. The molecule has 2 rings (SSSR count). The van der Waals surface area contributed by atoms with Gasteiger partial charge in [-0.25, -0.2) is 4.79 Å². The topological polar surface area (TPSA) is 44.4 Å². The average molecular weight is 296 g/mol. The molecule has 2 unspecified atom stereocenters. The van der Waals surface area contributed by atoms with E-state index in [-0.39, 0.29) is 12.1 Å². The Hall–Kier alpha value is -1.26. The number of nitrogens with zero attached hydrogens (tertiary/aromatic N) is 1. The van der Waals surface area contributed by atoms with Crippen LogP contribution in [0.4, 0.5) is 10.5 Å². The van der Waals surface area contributed by atoms with Gasteiger partial charge in [0.15, 0.2) is 0 Å². The highest BCUT2D eigenvalue weighted by atomic mass is 35.5. The molecule has 0 aliphatic carbocycles. The SMILES string of the molecule is CC1CN(C(=O)Nc2ccc(Cl)cc2)C(C(C)C)CN1. The number of benzene rings is 1. The van der Waals surface area contributed by atoms with E-state index in [1.807, 2.05) is 17.0 Å². The number of piperazine rings is 1. The van der Waals surface area contributed by atoms with Crippen molar-refractivity contribution < 1.29 is 4.79 Å². The Kier molecular flexibility index (Phi) is 4.89. The second kappa shape index (κ2) is 6.46. The van der Waals surface area contributed by atoms with Crippen LogP contribution in [0.2, 0.25) is 5.02 Å². The molecular formula is C15H22ClN3O. The molecule has 1 fully saturated rings. The lowest BCUT2D eigenvalue weighted by atomic mass is 9.99. The van der Waals surface area contributed by atoms with Crippen molar-refractivity contribution in [2.75, 3.05) is 18.4 Å². The van der Waals surface area contributed by atoms with E-state index in [9.17, 15) is 4.79 Å². The number of carbonyl (C=O) groups excluding carboxylic acids is 1. The summed E-state index contributed by atoms with van der Waals surface area (Å²) in [5.41, 5.74) is 0.771.